The van der Waals surface area contributed by atoms with Gasteiger partial charge >= 0.3 is 5.97 Å². The lowest BCUT2D eigenvalue weighted by Crippen LogP contribution is -2.60. The van der Waals surface area contributed by atoms with Gasteiger partial charge < -0.3 is 5.11 Å². The molecule has 1 aromatic carbocycles. The molecule has 6 heteroatoms. The molecule has 138 valence electrons. The van der Waals surface area contributed by atoms with Crippen LogP contribution in [0.4, 0.5) is 0 Å². The molecule has 26 heavy (non-hydrogen) atoms. The number of hydrogen-bond donors (Lipinski definition) is 2. The van der Waals surface area contributed by atoms with Crippen LogP contribution in [-0.4, -0.2) is 45.9 Å². The third-order valence-corrected chi connectivity index (χ3v) is 5.60. The molecule has 2 amide bonds. The second-order valence-electron chi connectivity index (χ2n) is 7.19. The lowest BCUT2D eigenvalue weighted by Gasteiger charge is -2.34. The first-order chi connectivity index (χ1) is 12.3. The van der Waals surface area contributed by atoms with E-state index >= 15 is 0 Å². The molecule has 6 nitrogen and oxygen atoms in total. The Labute approximate surface area is 152 Å². The molecule has 2 saturated heterocycles. The normalized spacial score (nSPS) is 31.2. The number of imide groups is 1. The first kappa shape index (κ1) is 18.3. The van der Waals surface area contributed by atoms with Crippen LogP contribution < -0.4 is 5.32 Å². The van der Waals surface area contributed by atoms with Crippen molar-refractivity contribution < 1.29 is 19.5 Å². The number of nitrogens with zero attached hydrogens (tertiary/aromatic N) is 1. The summed E-state index contributed by atoms with van der Waals surface area (Å²) >= 11 is 0. The summed E-state index contributed by atoms with van der Waals surface area (Å²) in [5, 5.41) is 13.1. The van der Waals surface area contributed by atoms with E-state index in [2.05, 4.69) is 5.32 Å². The Kier molecular flexibility index (Phi) is 4.71. The van der Waals surface area contributed by atoms with E-state index in [0.29, 0.717) is 0 Å². The largest absolute Gasteiger partial charge is 0.480 e. The Balaban J connectivity index is 2.04. The molecule has 2 N–H and O–H groups in total. The fourth-order valence-electron chi connectivity index (χ4n) is 4.27. The molecule has 1 aromatic rings. The summed E-state index contributed by atoms with van der Waals surface area (Å²) in [4.78, 5) is 39.1. The lowest BCUT2D eigenvalue weighted by atomic mass is 9.73. The first-order valence-electron chi connectivity index (χ1n) is 8.94. The van der Waals surface area contributed by atoms with Crippen molar-refractivity contribution >= 4 is 23.9 Å². The van der Waals surface area contributed by atoms with E-state index in [0.717, 1.165) is 5.56 Å². The van der Waals surface area contributed by atoms with Gasteiger partial charge in [0.15, 0.2) is 0 Å². The van der Waals surface area contributed by atoms with Crippen molar-refractivity contribution in [3.8, 4) is 0 Å². The zero-order chi connectivity index (χ0) is 19.1. The number of aliphatic carboxylic acids is 1. The number of benzene rings is 1. The number of carbonyl (C=O) groups is 3. The molecule has 4 atom stereocenters. The fraction of sp³-hybridized carbons (Fsp3) is 0.450. The van der Waals surface area contributed by atoms with Crippen LogP contribution >= 0.6 is 0 Å². The Hall–Kier alpha value is -2.47. The fourth-order valence-corrected chi connectivity index (χ4v) is 4.27. The minimum Gasteiger partial charge on any atom is -0.480 e. The molecule has 0 aromatic heterocycles. The van der Waals surface area contributed by atoms with Crippen molar-refractivity contribution in [2.45, 2.75) is 32.4 Å². The van der Waals surface area contributed by atoms with E-state index in [1.54, 1.807) is 20.8 Å². The van der Waals surface area contributed by atoms with E-state index in [9.17, 15) is 19.5 Å². The number of carboxylic acids is 1. The van der Waals surface area contributed by atoms with Crippen molar-refractivity contribution in [3.05, 3.63) is 42.0 Å². The highest BCUT2D eigenvalue weighted by molar-refractivity contribution is 6.09. The molecule has 0 saturated carbocycles. The lowest BCUT2D eigenvalue weighted by molar-refractivity contribution is -0.153. The minimum absolute atomic E-state index is 0.258. The van der Waals surface area contributed by atoms with Crippen LogP contribution in [0.15, 0.2) is 36.4 Å². The van der Waals surface area contributed by atoms with Crippen LogP contribution in [0.2, 0.25) is 0 Å². The summed E-state index contributed by atoms with van der Waals surface area (Å²) in [7, 11) is 0. The summed E-state index contributed by atoms with van der Waals surface area (Å²) < 4.78 is 0. The van der Waals surface area contributed by atoms with E-state index in [4.69, 9.17) is 0 Å². The van der Waals surface area contributed by atoms with Gasteiger partial charge in [-0.3, -0.25) is 24.6 Å². The second kappa shape index (κ2) is 6.68. The molecule has 3 rings (SSSR count). The van der Waals surface area contributed by atoms with E-state index < -0.39 is 29.4 Å². The van der Waals surface area contributed by atoms with E-state index in [-0.39, 0.29) is 24.3 Å². The van der Waals surface area contributed by atoms with Gasteiger partial charge in [-0.2, -0.15) is 0 Å². The maximum Gasteiger partial charge on any atom is 0.325 e. The topological polar surface area (TPSA) is 86.7 Å². The molecule has 4 unspecified atom stereocenters. The van der Waals surface area contributed by atoms with Crippen molar-refractivity contribution in [1.82, 2.24) is 10.2 Å². The summed E-state index contributed by atoms with van der Waals surface area (Å²) in [6, 6.07) is 9.07. The highest BCUT2D eigenvalue weighted by atomic mass is 16.4. The summed E-state index contributed by atoms with van der Waals surface area (Å²) in [6.45, 7) is 5.53. The van der Waals surface area contributed by atoms with Gasteiger partial charge in [-0.1, -0.05) is 56.3 Å². The maximum atomic E-state index is 12.9. The van der Waals surface area contributed by atoms with Gasteiger partial charge in [0.25, 0.3) is 0 Å². The minimum atomic E-state index is -1.45. The predicted molar refractivity (Wildman–Crippen MR) is 97.0 cm³/mol. The summed E-state index contributed by atoms with van der Waals surface area (Å²) in [5.74, 6) is -3.70. The van der Waals surface area contributed by atoms with Crippen LogP contribution in [0.1, 0.15) is 26.3 Å². The summed E-state index contributed by atoms with van der Waals surface area (Å²) in [6.07, 6.45) is 3.67. The molecule has 2 fully saturated rings. The number of rotatable bonds is 5. The van der Waals surface area contributed by atoms with Gasteiger partial charge in [0, 0.05) is 12.6 Å². The van der Waals surface area contributed by atoms with Crippen LogP contribution in [0.3, 0.4) is 0 Å². The second-order valence-corrected chi connectivity index (χ2v) is 7.19. The molecule has 2 heterocycles. The number of fused-ring (bicyclic) bond motifs is 1. The molecule has 0 radical (unpaired) electrons. The SMILES string of the molecule is CCN1C(=O)C2C(C=Cc3ccccc3)NC(C(=O)O)(C(C)C)C2C1=O. The number of carbonyl (C=O) groups excluding carboxylic acids is 2. The van der Waals surface area contributed by atoms with Gasteiger partial charge in [0.05, 0.1) is 11.8 Å². The third-order valence-electron chi connectivity index (χ3n) is 5.60. The molecule has 0 aliphatic carbocycles. The molecular formula is C20H24N2O4. The smallest absolute Gasteiger partial charge is 0.325 e. The van der Waals surface area contributed by atoms with Crippen LogP contribution in [0.5, 0.6) is 0 Å². The van der Waals surface area contributed by atoms with Gasteiger partial charge in [0.2, 0.25) is 11.8 Å². The van der Waals surface area contributed by atoms with Gasteiger partial charge in [0.1, 0.15) is 5.54 Å². The molecular weight excluding hydrogens is 332 g/mol. The van der Waals surface area contributed by atoms with Crippen molar-refractivity contribution in [3.63, 3.8) is 0 Å². The average molecular weight is 356 g/mol. The molecule has 0 spiro atoms. The van der Waals surface area contributed by atoms with Crippen LogP contribution in [-0.2, 0) is 14.4 Å². The van der Waals surface area contributed by atoms with Crippen molar-refractivity contribution in [2.75, 3.05) is 6.54 Å². The Bertz CT molecular complexity index is 758. The Morgan fingerprint density at radius 3 is 2.46 bits per heavy atom. The number of carboxylic acid groups (broad SMARTS) is 1. The van der Waals surface area contributed by atoms with Crippen LogP contribution in [0.25, 0.3) is 6.08 Å². The zero-order valence-electron chi connectivity index (χ0n) is 15.2. The predicted octanol–water partition coefficient (Wildman–Crippen LogP) is 1.77. The number of hydrogen-bond acceptors (Lipinski definition) is 4. The Morgan fingerprint density at radius 1 is 1.27 bits per heavy atom. The molecule has 2 aliphatic heterocycles. The maximum absolute atomic E-state index is 12.9. The average Bonchev–Trinajstić information content (AvgIpc) is 3.09. The standard InChI is InChI=1S/C20H24N2O4/c1-4-22-17(23)15-14(11-10-13-8-6-5-7-9-13)21-20(12(2)3,19(25)26)16(15)18(22)24/h5-12,14-16,21H,4H2,1-3H3,(H,25,26). The van der Waals surface area contributed by atoms with E-state index in [1.807, 2.05) is 42.5 Å². The number of likely N-dealkylation sites (tertiary alicyclic amines) is 1. The number of nitrogens with one attached hydrogen (secondary N) is 1. The van der Waals surface area contributed by atoms with Gasteiger partial charge in [-0.05, 0) is 18.4 Å². The Morgan fingerprint density at radius 2 is 1.92 bits per heavy atom. The first-order valence-corrected chi connectivity index (χ1v) is 8.94. The van der Waals surface area contributed by atoms with Crippen molar-refractivity contribution in [2.24, 2.45) is 17.8 Å². The summed E-state index contributed by atoms with van der Waals surface area (Å²) in [5.41, 5.74) is -0.500. The third kappa shape index (κ3) is 2.56. The van der Waals surface area contributed by atoms with Crippen LogP contribution in [0, 0.1) is 17.8 Å². The highest BCUT2D eigenvalue weighted by Crippen LogP contribution is 2.46. The van der Waals surface area contributed by atoms with E-state index in [1.165, 1.54) is 4.90 Å². The molecule has 2 aliphatic rings. The quantitative estimate of drug-likeness (QED) is 0.785. The highest BCUT2D eigenvalue weighted by Gasteiger charge is 2.68. The molecule has 0 bridgehead atoms. The number of amides is 2. The van der Waals surface area contributed by atoms with Crippen molar-refractivity contribution in [1.29, 1.82) is 0 Å². The van der Waals surface area contributed by atoms with Gasteiger partial charge in [-0.25, -0.2) is 0 Å². The monoisotopic (exact) mass is 356 g/mol. The zero-order valence-corrected chi connectivity index (χ0v) is 15.2. The van der Waals surface area contributed by atoms with Gasteiger partial charge in [-0.15, -0.1) is 0 Å².